The number of amides is 1. The molecule has 0 atom stereocenters. The molecule has 2 heterocycles. The first-order valence-electron chi connectivity index (χ1n) is 6.22. The number of rotatable bonds is 3. The number of hydrogen-bond donors (Lipinski definition) is 0. The number of aromatic nitrogens is 1. The van der Waals surface area contributed by atoms with Crippen molar-refractivity contribution in [3.05, 3.63) is 45.7 Å². The highest BCUT2D eigenvalue weighted by atomic mass is 32.1. The average molecular weight is 292 g/mol. The molecule has 1 aliphatic rings. The lowest BCUT2D eigenvalue weighted by molar-refractivity contribution is 0.0988. The summed E-state index contributed by atoms with van der Waals surface area (Å²) in [5.74, 6) is -0.360. The van der Waals surface area contributed by atoms with Gasteiger partial charge in [-0.15, -0.1) is 11.3 Å². The Morgan fingerprint density at radius 1 is 1.55 bits per heavy atom. The van der Waals surface area contributed by atoms with Crippen LogP contribution in [0.25, 0.3) is 0 Å². The lowest BCUT2D eigenvalue weighted by atomic mass is 10.1. The number of ether oxygens (including phenoxy) is 1. The average Bonchev–Trinajstić information content (AvgIpc) is 3.04. The smallest absolute Gasteiger partial charge is 0.270 e. The Morgan fingerprint density at radius 3 is 3.20 bits per heavy atom. The highest BCUT2D eigenvalue weighted by molar-refractivity contribution is 7.12. The van der Waals surface area contributed by atoms with Crippen molar-refractivity contribution in [1.82, 2.24) is 4.98 Å². The van der Waals surface area contributed by atoms with Crippen molar-refractivity contribution in [1.29, 1.82) is 0 Å². The number of methoxy groups -OCH3 is 1. The zero-order valence-corrected chi connectivity index (χ0v) is 11.7. The lowest BCUT2D eigenvalue weighted by Crippen LogP contribution is -2.29. The summed E-state index contributed by atoms with van der Waals surface area (Å²) in [5.41, 5.74) is 3.95. The summed E-state index contributed by atoms with van der Waals surface area (Å²) < 4.78 is 18.2. The zero-order chi connectivity index (χ0) is 14.1. The summed E-state index contributed by atoms with van der Waals surface area (Å²) >= 11 is 1.31. The van der Waals surface area contributed by atoms with Crippen LogP contribution in [0.15, 0.2) is 23.7 Å². The van der Waals surface area contributed by atoms with Gasteiger partial charge in [-0.3, -0.25) is 4.79 Å². The maximum atomic E-state index is 13.2. The van der Waals surface area contributed by atoms with E-state index in [0.717, 1.165) is 11.3 Å². The molecule has 0 fully saturated rings. The number of fused-ring (bicyclic) bond motifs is 1. The van der Waals surface area contributed by atoms with E-state index in [4.69, 9.17) is 4.74 Å². The molecule has 104 valence electrons. The largest absolute Gasteiger partial charge is 0.378 e. The Hall–Kier alpha value is -1.79. The first-order chi connectivity index (χ1) is 9.70. The molecule has 0 spiro atoms. The van der Waals surface area contributed by atoms with Crippen LogP contribution >= 0.6 is 11.3 Å². The van der Waals surface area contributed by atoms with Gasteiger partial charge in [-0.05, 0) is 30.2 Å². The van der Waals surface area contributed by atoms with Crippen molar-refractivity contribution in [2.45, 2.75) is 13.0 Å². The molecule has 2 aromatic rings. The zero-order valence-electron chi connectivity index (χ0n) is 10.9. The van der Waals surface area contributed by atoms with Crippen LogP contribution in [0, 0.1) is 5.82 Å². The van der Waals surface area contributed by atoms with Gasteiger partial charge in [-0.25, -0.2) is 9.37 Å². The monoisotopic (exact) mass is 292 g/mol. The molecule has 1 aromatic carbocycles. The predicted octanol–water partition coefficient (Wildman–Crippen LogP) is 2.63. The maximum Gasteiger partial charge on any atom is 0.270 e. The number of nitrogens with zero attached hydrogens (tertiary/aromatic N) is 2. The fourth-order valence-corrected chi connectivity index (χ4v) is 3.13. The second-order valence-corrected chi connectivity index (χ2v) is 5.40. The highest BCUT2D eigenvalue weighted by Crippen LogP contribution is 2.31. The van der Waals surface area contributed by atoms with Gasteiger partial charge >= 0.3 is 0 Å². The molecule has 4 nitrogen and oxygen atoms in total. The topological polar surface area (TPSA) is 42.4 Å². The van der Waals surface area contributed by atoms with Gasteiger partial charge in [0.15, 0.2) is 0 Å². The molecule has 0 saturated heterocycles. The summed E-state index contributed by atoms with van der Waals surface area (Å²) in [6.45, 7) is 0.886. The molecule has 0 radical (unpaired) electrons. The fourth-order valence-electron chi connectivity index (χ4n) is 2.39. The van der Waals surface area contributed by atoms with E-state index < -0.39 is 0 Å². The van der Waals surface area contributed by atoms with Gasteiger partial charge in [0.05, 0.1) is 17.8 Å². The van der Waals surface area contributed by atoms with Crippen LogP contribution in [0.2, 0.25) is 0 Å². The minimum absolute atomic E-state index is 0.0927. The van der Waals surface area contributed by atoms with E-state index in [1.807, 2.05) is 0 Å². The molecular formula is C14H13FN2O2S. The third-order valence-electron chi connectivity index (χ3n) is 3.30. The van der Waals surface area contributed by atoms with Crippen LogP contribution in [0.3, 0.4) is 0 Å². The number of carbonyl (C=O) groups excluding carboxylic acids is 1. The van der Waals surface area contributed by atoms with Gasteiger partial charge in [0.1, 0.15) is 10.7 Å². The number of thiazole rings is 1. The molecular weight excluding hydrogens is 279 g/mol. The highest BCUT2D eigenvalue weighted by Gasteiger charge is 2.28. The Bertz CT molecular complexity index is 656. The minimum Gasteiger partial charge on any atom is -0.378 e. The molecule has 1 amide bonds. The summed E-state index contributed by atoms with van der Waals surface area (Å²) in [7, 11) is 1.57. The molecule has 0 saturated carbocycles. The van der Waals surface area contributed by atoms with Crippen molar-refractivity contribution < 1.29 is 13.9 Å². The van der Waals surface area contributed by atoms with Crippen molar-refractivity contribution in [3.8, 4) is 0 Å². The fraction of sp³-hybridized carbons (Fsp3) is 0.286. The molecule has 3 rings (SSSR count). The summed E-state index contributed by atoms with van der Waals surface area (Å²) in [5, 5.41) is 0. The number of hydrogen-bond acceptors (Lipinski definition) is 4. The Labute approximate surface area is 119 Å². The SMILES string of the molecule is COCc1ncsc1C(=O)N1CCc2cc(F)ccc21. The first kappa shape index (κ1) is 13.2. The predicted molar refractivity (Wildman–Crippen MR) is 74.6 cm³/mol. The number of halogens is 1. The maximum absolute atomic E-state index is 13.2. The number of carbonyl (C=O) groups is 1. The van der Waals surface area contributed by atoms with Crippen LogP contribution in [0.5, 0.6) is 0 Å². The van der Waals surface area contributed by atoms with Crippen LogP contribution < -0.4 is 4.90 Å². The van der Waals surface area contributed by atoms with E-state index in [1.165, 1.54) is 23.5 Å². The van der Waals surface area contributed by atoms with Crippen molar-refractivity contribution in [2.75, 3.05) is 18.6 Å². The first-order valence-corrected chi connectivity index (χ1v) is 7.10. The molecule has 1 aliphatic heterocycles. The summed E-state index contributed by atoms with van der Waals surface area (Å²) in [6.07, 6.45) is 0.678. The third-order valence-corrected chi connectivity index (χ3v) is 4.16. The summed E-state index contributed by atoms with van der Waals surface area (Å²) in [4.78, 5) is 19.0. The van der Waals surface area contributed by atoms with E-state index in [2.05, 4.69) is 4.98 Å². The second-order valence-electron chi connectivity index (χ2n) is 4.54. The van der Waals surface area contributed by atoms with Gasteiger partial charge in [0.25, 0.3) is 5.91 Å². The van der Waals surface area contributed by atoms with Gasteiger partial charge in [0, 0.05) is 19.3 Å². The lowest BCUT2D eigenvalue weighted by Gasteiger charge is -2.16. The molecule has 1 aromatic heterocycles. The molecule has 20 heavy (non-hydrogen) atoms. The number of benzene rings is 1. The van der Waals surface area contributed by atoms with Gasteiger partial charge in [-0.1, -0.05) is 0 Å². The standard InChI is InChI=1S/C14H13FN2O2S/c1-19-7-11-13(20-8-16-11)14(18)17-5-4-9-6-10(15)2-3-12(9)17/h2-3,6,8H,4-5,7H2,1H3. The van der Waals surface area contributed by atoms with Crippen molar-refractivity contribution >= 4 is 22.9 Å². The molecule has 6 heteroatoms. The van der Waals surface area contributed by atoms with Gasteiger partial charge in [-0.2, -0.15) is 0 Å². The van der Waals surface area contributed by atoms with Gasteiger partial charge in [0.2, 0.25) is 0 Å². The minimum atomic E-state index is -0.268. The van der Waals surface area contributed by atoms with E-state index >= 15 is 0 Å². The van der Waals surface area contributed by atoms with Crippen molar-refractivity contribution in [3.63, 3.8) is 0 Å². The van der Waals surface area contributed by atoms with E-state index in [9.17, 15) is 9.18 Å². The van der Waals surface area contributed by atoms with Crippen LogP contribution in [0.4, 0.5) is 10.1 Å². The van der Waals surface area contributed by atoms with E-state index in [1.54, 1.807) is 23.6 Å². The van der Waals surface area contributed by atoms with Crippen LogP contribution in [0.1, 0.15) is 20.9 Å². The van der Waals surface area contributed by atoms with E-state index in [0.29, 0.717) is 30.1 Å². The molecule has 0 N–H and O–H groups in total. The second kappa shape index (κ2) is 5.30. The third kappa shape index (κ3) is 2.21. The Morgan fingerprint density at radius 2 is 2.40 bits per heavy atom. The van der Waals surface area contributed by atoms with Crippen LogP contribution in [-0.4, -0.2) is 24.5 Å². The number of anilines is 1. The Balaban J connectivity index is 1.91. The molecule has 0 bridgehead atoms. The quantitative estimate of drug-likeness (QED) is 0.873. The molecule has 0 unspecified atom stereocenters. The summed E-state index contributed by atoms with van der Waals surface area (Å²) in [6, 6.07) is 4.53. The van der Waals surface area contributed by atoms with E-state index in [-0.39, 0.29) is 11.7 Å². The molecule has 0 aliphatic carbocycles. The normalized spacial score (nSPS) is 13.6. The van der Waals surface area contributed by atoms with Crippen LogP contribution in [-0.2, 0) is 17.8 Å². The van der Waals surface area contributed by atoms with Gasteiger partial charge < -0.3 is 9.64 Å². The Kier molecular flexibility index (Phi) is 3.50. The van der Waals surface area contributed by atoms with Crippen molar-refractivity contribution in [2.24, 2.45) is 0 Å².